The molecule has 0 unspecified atom stereocenters. The first-order valence-electron chi connectivity index (χ1n) is 7.43. The van der Waals surface area contributed by atoms with Crippen LogP contribution in [-0.2, 0) is 11.3 Å². The van der Waals surface area contributed by atoms with E-state index in [0.717, 1.165) is 24.0 Å². The summed E-state index contributed by atoms with van der Waals surface area (Å²) in [6.45, 7) is 6.74. The molecular formula is C17H26O2. The quantitative estimate of drug-likeness (QED) is 0.804. The Labute approximate surface area is 116 Å². The molecule has 19 heavy (non-hydrogen) atoms. The van der Waals surface area contributed by atoms with Gasteiger partial charge in [0.25, 0.3) is 0 Å². The van der Waals surface area contributed by atoms with Gasteiger partial charge in [0, 0.05) is 5.56 Å². The molecule has 2 nitrogen and oxygen atoms in total. The van der Waals surface area contributed by atoms with Gasteiger partial charge in [-0.2, -0.15) is 0 Å². The van der Waals surface area contributed by atoms with E-state index in [0.29, 0.717) is 12.4 Å². The van der Waals surface area contributed by atoms with Crippen LogP contribution < -0.4 is 0 Å². The lowest BCUT2D eigenvalue weighted by Crippen LogP contribution is -2.27. The van der Waals surface area contributed by atoms with Gasteiger partial charge in [0.15, 0.2) is 0 Å². The van der Waals surface area contributed by atoms with Crippen LogP contribution in [0.5, 0.6) is 5.75 Å². The summed E-state index contributed by atoms with van der Waals surface area (Å²) in [6, 6.07) is 4.04. The molecule has 1 N–H and O–H groups in total. The number of hydrogen-bond donors (Lipinski definition) is 1. The molecule has 0 atom stereocenters. The van der Waals surface area contributed by atoms with Gasteiger partial charge in [-0.3, -0.25) is 0 Å². The van der Waals surface area contributed by atoms with Crippen LogP contribution in [0.2, 0.25) is 0 Å². The van der Waals surface area contributed by atoms with Crippen LogP contribution in [0.1, 0.15) is 62.1 Å². The molecule has 2 heteroatoms. The van der Waals surface area contributed by atoms with Gasteiger partial charge in [-0.25, -0.2) is 0 Å². The molecule has 0 saturated heterocycles. The lowest BCUT2D eigenvalue weighted by atomic mass is 9.96. The smallest absolute Gasteiger partial charge is 0.124 e. The summed E-state index contributed by atoms with van der Waals surface area (Å²) >= 11 is 0. The van der Waals surface area contributed by atoms with Gasteiger partial charge in [-0.1, -0.05) is 43.4 Å². The summed E-state index contributed by atoms with van der Waals surface area (Å²) in [7, 11) is 0. The van der Waals surface area contributed by atoms with Crippen molar-refractivity contribution in [3.05, 3.63) is 28.8 Å². The maximum atomic E-state index is 10.1. The highest BCUT2D eigenvalue weighted by atomic mass is 16.5. The van der Waals surface area contributed by atoms with Crippen LogP contribution in [0.25, 0.3) is 0 Å². The summed E-state index contributed by atoms with van der Waals surface area (Å²) in [6.07, 6.45) is 7.45. The van der Waals surface area contributed by atoms with E-state index in [4.69, 9.17) is 4.74 Å². The minimum Gasteiger partial charge on any atom is -0.507 e. The minimum atomic E-state index is -0.0133. The molecule has 0 heterocycles. The first-order chi connectivity index (χ1) is 9.00. The fourth-order valence-corrected chi connectivity index (χ4v) is 3.03. The van der Waals surface area contributed by atoms with Crippen molar-refractivity contribution in [1.82, 2.24) is 0 Å². The molecule has 1 aliphatic rings. The third-order valence-corrected chi connectivity index (χ3v) is 4.26. The van der Waals surface area contributed by atoms with Gasteiger partial charge in [0.2, 0.25) is 0 Å². The molecule has 1 saturated carbocycles. The largest absolute Gasteiger partial charge is 0.507 e. The average molecular weight is 262 g/mol. The van der Waals surface area contributed by atoms with Crippen LogP contribution in [0.3, 0.4) is 0 Å². The Bertz CT molecular complexity index is 429. The van der Waals surface area contributed by atoms with E-state index in [-0.39, 0.29) is 5.60 Å². The predicted octanol–water partition coefficient (Wildman–Crippen LogP) is 4.64. The Morgan fingerprint density at radius 3 is 2.37 bits per heavy atom. The van der Waals surface area contributed by atoms with Crippen LogP contribution >= 0.6 is 0 Å². The van der Waals surface area contributed by atoms with Crippen molar-refractivity contribution in [1.29, 1.82) is 0 Å². The van der Waals surface area contributed by atoms with Crippen LogP contribution in [0, 0.1) is 13.8 Å². The molecule has 0 aromatic heterocycles. The fourth-order valence-electron chi connectivity index (χ4n) is 3.03. The molecule has 0 amide bonds. The van der Waals surface area contributed by atoms with Crippen molar-refractivity contribution in [2.45, 2.75) is 71.5 Å². The molecule has 1 aliphatic carbocycles. The summed E-state index contributed by atoms with van der Waals surface area (Å²) < 4.78 is 6.17. The molecule has 0 radical (unpaired) electrons. The zero-order valence-electron chi connectivity index (χ0n) is 12.5. The molecule has 1 aromatic carbocycles. The average Bonchev–Trinajstić information content (AvgIpc) is 2.57. The van der Waals surface area contributed by atoms with E-state index in [1.165, 1.54) is 31.2 Å². The normalized spacial score (nSPS) is 19.1. The fraction of sp³-hybridized carbons (Fsp3) is 0.647. The second-order valence-corrected chi connectivity index (χ2v) is 6.24. The maximum Gasteiger partial charge on any atom is 0.124 e. The highest BCUT2D eigenvalue weighted by molar-refractivity contribution is 5.42. The molecule has 106 valence electrons. The van der Waals surface area contributed by atoms with E-state index >= 15 is 0 Å². The second kappa shape index (κ2) is 5.96. The third kappa shape index (κ3) is 3.73. The highest BCUT2D eigenvalue weighted by Crippen LogP contribution is 2.32. The molecule has 0 aliphatic heterocycles. The van der Waals surface area contributed by atoms with E-state index in [1.807, 2.05) is 19.1 Å². The Morgan fingerprint density at radius 2 is 1.74 bits per heavy atom. The molecule has 1 fully saturated rings. The SMILES string of the molecule is Cc1cc(C)c(O)c(COC2(C)CCCCCC2)c1. The van der Waals surface area contributed by atoms with E-state index in [1.54, 1.807) is 0 Å². The zero-order chi connectivity index (χ0) is 13.9. The monoisotopic (exact) mass is 262 g/mol. The number of hydrogen-bond acceptors (Lipinski definition) is 2. The zero-order valence-corrected chi connectivity index (χ0v) is 12.5. The van der Waals surface area contributed by atoms with Gasteiger partial charge in [-0.05, 0) is 39.2 Å². The highest BCUT2D eigenvalue weighted by Gasteiger charge is 2.26. The topological polar surface area (TPSA) is 29.5 Å². The number of benzene rings is 1. The molecule has 0 spiro atoms. The van der Waals surface area contributed by atoms with Crippen molar-refractivity contribution < 1.29 is 9.84 Å². The Morgan fingerprint density at radius 1 is 1.11 bits per heavy atom. The Balaban J connectivity index is 2.05. The van der Waals surface area contributed by atoms with E-state index < -0.39 is 0 Å². The Kier molecular flexibility index (Phi) is 4.51. The van der Waals surface area contributed by atoms with Crippen molar-refractivity contribution in [2.24, 2.45) is 0 Å². The maximum absolute atomic E-state index is 10.1. The number of aryl methyl sites for hydroxylation is 2. The summed E-state index contributed by atoms with van der Waals surface area (Å²) in [4.78, 5) is 0. The minimum absolute atomic E-state index is 0.0133. The Hall–Kier alpha value is -1.02. The standard InChI is InChI=1S/C17H26O2/c1-13-10-14(2)16(18)15(11-13)12-19-17(3)8-6-4-5-7-9-17/h10-11,18H,4-9,12H2,1-3H3. The molecule has 2 rings (SSSR count). The van der Waals surface area contributed by atoms with Gasteiger partial charge in [-0.15, -0.1) is 0 Å². The third-order valence-electron chi connectivity index (χ3n) is 4.26. The van der Waals surface area contributed by atoms with Crippen molar-refractivity contribution in [3.63, 3.8) is 0 Å². The summed E-state index contributed by atoms with van der Waals surface area (Å²) in [5, 5.41) is 10.1. The van der Waals surface area contributed by atoms with Gasteiger partial charge < -0.3 is 9.84 Å². The van der Waals surface area contributed by atoms with Crippen molar-refractivity contribution in [2.75, 3.05) is 0 Å². The van der Waals surface area contributed by atoms with Crippen molar-refractivity contribution >= 4 is 0 Å². The lowest BCUT2D eigenvalue weighted by molar-refractivity contribution is -0.0537. The van der Waals surface area contributed by atoms with E-state index in [9.17, 15) is 5.11 Å². The lowest BCUT2D eigenvalue weighted by Gasteiger charge is -2.29. The predicted molar refractivity (Wildman–Crippen MR) is 78.5 cm³/mol. The number of phenols is 1. The number of phenolic OH excluding ortho intramolecular Hbond substituents is 1. The molecular weight excluding hydrogens is 236 g/mol. The van der Waals surface area contributed by atoms with Crippen molar-refractivity contribution in [3.8, 4) is 5.75 Å². The van der Waals surface area contributed by atoms with Crippen LogP contribution in [-0.4, -0.2) is 10.7 Å². The first kappa shape index (κ1) is 14.4. The molecule has 1 aromatic rings. The van der Waals surface area contributed by atoms with Crippen LogP contribution in [0.15, 0.2) is 12.1 Å². The second-order valence-electron chi connectivity index (χ2n) is 6.24. The number of aromatic hydroxyl groups is 1. The van der Waals surface area contributed by atoms with Gasteiger partial charge >= 0.3 is 0 Å². The van der Waals surface area contributed by atoms with Gasteiger partial charge in [0.1, 0.15) is 5.75 Å². The summed E-state index contributed by atoms with van der Waals surface area (Å²) in [5.41, 5.74) is 3.02. The van der Waals surface area contributed by atoms with Crippen LogP contribution in [0.4, 0.5) is 0 Å². The molecule has 0 bridgehead atoms. The number of ether oxygens (including phenoxy) is 1. The van der Waals surface area contributed by atoms with Gasteiger partial charge in [0.05, 0.1) is 12.2 Å². The number of rotatable bonds is 3. The first-order valence-corrected chi connectivity index (χ1v) is 7.43. The van der Waals surface area contributed by atoms with E-state index in [2.05, 4.69) is 13.8 Å². The summed E-state index contributed by atoms with van der Waals surface area (Å²) in [5.74, 6) is 0.392.